The standard InChI is InChI=1S/C14H12N2/c1-2-8-13(9-3-1)16-11-10-15-14(16)12-6-4-5-7-12/h1-11,15H. The van der Waals surface area contributed by atoms with E-state index in [0.717, 1.165) is 5.82 Å². The predicted octanol–water partition coefficient (Wildman–Crippen LogP) is 2.91. The Morgan fingerprint density at radius 1 is 0.938 bits per heavy atom. The van der Waals surface area contributed by atoms with Gasteiger partial charge in [0.1, 0.15) is 5.82 Å². The van der Waals surface area contributed by atoms with Gasteiger partial charge in [-0.25, -0.2) is 0 Å². The normalized spacial score (nSPS) is 17.4. The second kappa shape index (κ2) is 3.74. The summed E-state index contributed by atoms with van der Waals surface area (Å²) >= 11 is 0. The number of rotatable bonds is 1. The molecular formula is C14H12N2. The van der Waals surface area contributed by atoms with Gasteiger partial charge in [-0.15, -0.1) is 0 Å². The average molecular weight is 208 g/mol. The highest BCUT2D eigenvalue weighted by atomic mass is 15.3. The third-order valence-electron chi connectivity index (χ3n) is 2.66. The Morgan fingerprint density at radius 2 is 1.69 bits per heavy atom. The number of benzene rings is 1. The highest BCUT2D eigenvalue weighted by Crippen LogP contribution is 2.25. The van der Waals surface area contributed by atoms with Crippen molar-refractivity contribution in [2.45, 2.75) is 0 Å². The summed E-state index contributed by atoms with van der Waals surface area (Å²) in [6, 6.07) is 10.3. The molecule has 2 nitrogen and oxygen atoms in total. The number of anilines is 1. The van der Waals surface area contributed by atoms with E-state index in [4.69, 9.17) is 0 Å². The summed E-state index contributed by atoms with van der Waals surface area (Å²) in [4.78, 5) is 2.15. The lowest BCUT2D eigenvalue weighted by Gasteiger charge is -2.19. The zero-order valence-electron chi connectivity index (χ0n) is 8.80. The van der Waals surface area contributed by atoms with E-state index in [-0.39, 0.29) is 0 Å². The lowest BCUT2D eigenvalue weighted by atomic mass is 10.2. The molecule has 0 aromatic heterocycles. The van der Waals surface area contributed by atoms with Gasteiger partial charge < -0.3 is 10.2 Å². The van der Waals surface area contributed by atoms with Crippen LogP contribution in [0.25, 0.3) is 0 Å². The molecule has 0 spiro atoms. The van der Waals surface area contributed by atoms with Crippen LogP contribution in [0.5, 0.6) is 0 Å². The topological polar surface area (TPSA) is 15.3 Å². The quantitative estimate of drug-likeness (QED) is 0.763. The van der Waals surface area contributed by atoms with Crippen molar-refractivity contribution < 1.29 is 0 Å². The SMILES string of the molecule is C1=CC(=C2NC=CN2c2ccccc2)C=C1. The lowest BCUT2D eigenvalue weighted by Crippen LogP contribution is -2.18. The van der Waals surface area contributed by atoms with E-state index in [1.54, 1.807) is 0 Å². The zero-order valence-corrected chi connectivity index (χ0v) is 8.80. The molecule has 16 heavy (non-hydrogen) atoms. The van der Waals surface area contributed by atoms with Gasteiger partial charge in [-0.2, -0.15) is 0 Å². The summed E-state index contributed by atoms with van der Waals surface area (Å²) in [5, 5.41) is 3.27. The van der Waals surface area contributed by atoms with Gasteiger partial charge in [-0.05, 0) is 12.1 Å². The average Bonchev–Trinajstić information content (AvgIpc) is 3.01. The van der Waals surface area contributed by atoms with Crippen molar-refractivity contribution in [2.75, 3.05) is 4.90 Å². The van der Waals surface area contributed by atoms with Gasteiger partial charge in [0, 0.05) is 23.7 Å². The van der Waals surface area contributed by atoms with E-state index in [2.05, 4.69) is 34.5 Å². The minimum absolute atomic E-state index is 1.11. The van der Waals surface area contributed by atoms with Crippen molar-refractivity contribution in [1.82, 2.24) is 5.32 Å². The van der Waals surface area contributed by atoms with E-state index in [1.807, 2.05) is 42.8 Å². The molecule has 0 saturated carbocycles. The van der Waals surface area contributed by atoms with Crippen LogP contribution in [0.1, 0.15) is 0 Å². The van der Waals surface area contributed by atoms with Crippen molar-refractivity contribution in [1.29, 1.82) is 0 Å². The molecular weight excluding hydrogens is 196 g/mol. The number of allylic oxidation sites excluding steroid dienone is 5. The second-order valence-corrected chi connectivity index (χ2v) is 3.69. The largest absolute Gasteiger partial charge is 0.346 e. The van der Waals surface area contributed by atoms with Gasteiger partial charge in [0.05, 0.1) is 0 Å². The number of hydrogen-bond acceptors (Lipinski definition) is 2. The number of hydrogen-bond donors (Lipinski definition) is 1. The number of nitrogens with zero attached hydrogens (tertiary/aromatic N) is 1. The summed E-state index contributed by atoms with van der Waals surface area (Å²) < 4.78 is 0. The minimum Gasteiger partial charge on any atom is -0.346 e. The van der Waals surface area contributed by atoms with E-state index in [1.165, 1.54) is 11.3 Å². The minimum atomic E-state index is 1.11. The molecule has 1 aliphatic heterocycles. The van der Waals surface area contributed by atoms with E-state index in [9.17, 15) is 0 Å². The molecule has 1 aromatic rings. The van der Waals surface area contributed by atoms with Crippen LogP contribution in [0.2, 0.25) is 0 Å². The number of nitrogens with one attached hydrogen (secondary N) is 1. The molecule has 78 valence electrons. The van der Waals surface area contributed by atoms with Crippen molar-refractivity contribution in [2.24, 2.45) is 0 Å². The fourth-order valence-electron chi connectivity index (χ4n) is 1.89. The maximum atomic E-state index is 3.27. The monoisotopic (exact) mass is 208 g/mol. The summed E-state index contributed by atoms with van der Waals surface area (Å²) in [6.45, 7) is 0. The first-order chi connectivity index (χ1) is 7.95. The number of para-hydroxylation sites is 1. The van der Waals surface area contributed by atoms with Gasteiger partial charge in [-0.1, -0.05) is 42.5 Å². The van der Waals surface area contributed by atoms with Crippen LogP contribution in [0, 0.1) is 0 Å². The maximum Gasteiger partial charge on any atom is 0.121 e. The Bertz CT molecular complexity index is 493. The molecule has 1 heterocycles. The molecule has 0 saturated heterocycles. The van der Waals surface area contributed by atoms with Crippen molar-refractivity contribution in [3.63, 3.8) is 0 Å². The first kappa shape index (κ1) is 9.04. The van der Waals surface area contributed by atoms with Crippen molar-refractivity contribution in [3.05, 3.63) is 78.4 Å². The molecule has 0 fully saturated rings. The molecule has 1 aliphatic carbocycles. The summed E-state index contributed by atoms with van der Waals surface area (Å²) in [5.74, 6) is 1.11. The summed E-state index contributed by atoms with van der Waals surface area (Å²) in [6.07, 6.45) is 12.3. The molecule has 1 aromatic carbocycles. The van der Waals surface area contributed by atoms with Crippen LogP contribution in [-0.4, -0.2) is 0 Å². The first-order valence-corrected chi connectivity index (χ1v) is 5.32. The zero-order chi connectivity index (χ0) is 10.8. The van der Waals surface area contributed by atoms with Crippen LogP contribution in [0.4, 0.5) is 5.69 Å². The summed E-state index contributed by atoms with van der Waals surface area (Å²) in [5.41, 5.74) is 2.37. The molecule has 0 atom stereocenters. The lowest BCUT2D eigenvalue weighted by molar-refractivity contribution is 1.03. The Labute approximate surface area is 94.9 Å². The summed E-state index contributed by atoms with van der Waals surface area (Å²) in [7, 11) is 0. The van der Waals surface area contributed by atoms with E-state index < -0.39 is 0 Å². The molecule has 0 unspecified atom stereocenters. The Balaban J connectivity index is 2.02. The molecule has 1 N–H and O–H groups in total. The van der Waals surface area contributed by atoms with Crippen LogP contribution < -0.4 is 10.2 Å². The maximum absolute atomic E-state index is 3.27. The molecule has 0 amide bonds. The van der Waals surface area contributed by atoms with E-state index >= 15 is 0 Å². The van der Waals surface area contributed by atoms with Gasteiger partial charge >= 0.3 is 0 Å². The van der Waals surface area contributed by atoms with Gasteiger partial charge in [-0.3, -0.25) is 0 Å². The van der Waals surface area contributed by atoms with Crippen LogP contribution in [-0.2, 0) is 0 Å². The molecule has 0 radical (unpaired) electrons. The van der Waals surface area contributed by atoms with Gasteiger partial charge in [0.25, 0.3) is 0 Å². The third-order valence-corrected chi connectivity index (χ3v) is 2.66. The van der Waals surface area contributed by atoms with Crippen molar-refractivity contribution in [3.8, 4) is 0 Å². The second-order valence-electron chi connectivity index (χ2n) is 3.69. The molecule has 2 aliphatic rings. The fraction of sp³-hybridized carbons (Fsp3) is 0. The van der Waals surface area contributed by atoms with Crippen LogP contribution in [0.3, 0.4) is 0 Å². The molecule has 0 bridgehead atoms. The van der Waals surface area contributed by atoms with E-state index in [0.29, 0.717) is 0 Å². The third kappa shape index (κ3) is 1.44. The van der Waals surface area contributed by atoms with Crippen LogP contribution >= 0.6 is 0 Å². The highest BCUT2D eigenvalue weighted by Gasteiger charge is 2.16. The predicted molar refractivity (Wildman–Crippen MR) is 66.5 cm³/mol. The van der Waals surface area contributed by atoms with Gasteiger partial charge in [0.2, 0.25) is 0 Å². The fourth-order valence-corrected chi connectivity index (χ4v) is 1.89. The van der Waals surface area contributed by atoms with Gasteiger partial charge in [0.15, 0.2) is 0 Å². The smallest absolute Gasteiger partial charge is 0.121 e. The Kier molecular flexibility index (Phi) is 2.11. The Hall–Kier alpha value is -2.22. The highest BCUT2D eigenvalue weighted by molar-refractivity contribution is 5.61. The van der Waals surface area contributed by atoms with Crippen molar-refractivity contribution >= 4 is 5.69 Å². The Morgan fingerprint density at radius 3 is 2.44 bits per heavy atom. The molecule has 3 rings (SSSR count). The van der Waals surface area contributed by atoms with Crippen LogP contribution in [0.15, 0.2) is 78.4 Å². The molecule has 2 heteroatoms. The first-order valence-electron chi connectivity index (χ1n) is 5.32.